The van der Waals surface area contributed by atoms with Gasteiger partial charge in [-0.15, -0.1) is 0 Å². The molecule has 1 heterocycles. The van der Waals surface area contributed by atoms with Crippen molar-refractivity contribution in [1.29, 1.82) is 0 Å². The maximum Gasteiger partial charge on any atom is 0.145 e. The summed E-state index contributed by atoms with van der Waals surface area (Å²) in [7, 11) is 0. The number of nitrogens with one attached hydrogen (secondary N) is 1. The molecule has 0 fully saturated rings. The number of rotatable bonds is 7. The molecule has 1 aromatic heterocycles. The molecular weight excluding hydrogens is 236 g/mol. The molecule has 2 rings (SSSR count). The molecule has 3 nitrogen and oxygen atoms in total. The Morgan fingerprint density at radius 1 is 1.26 bits per heavy atom. The van der Waals surface area contributed by atoms with Crippen LogP contribution in [0.2, 0.25) is 0 Å². The van der Waals surface area contributed by atoms with Crippen LogP contribution in [0, 0.1) is 0 Å². The molecule has 2 aromatic rings. The van der Waals surface area contributed by atoms with Gasteiger partial charge in [0.2, 0.25) is 0 Å². The lowest BCUT2D eigenvalue weighted by atomic mass is 10.2. The van der Waals surface area contributed by atoms with Crippen LogP contribution < -0.4 is 10.1 Å². The highest BCUT2D eigenvalue weighted by atomic mass is 16.5. The predicted molar refractivity (Wildman–Crippen MR) is 79.6 cm³/mol. The molecule has 19 heavy (non-hydrogen) atoms. The minimum Gasteiger partial charge on any atom is -0.487 e. The summed E-state index contributed by atoms with van der Waals surface area (Å²) in [5, 5.41) is 4.53. The van der Waals surface area contributed by atoms with Gasteiger partial charge in [0, 0.05) is 18.1 Å². The maximum absolute atomic E-state index is 5.98. The van der Waals surface area contributed by atoms with Crippen molar-refractivity contribution in [1.82, 2.24) is 10.3 Å². The monoisotopic (exact) mass is 258 g/mol. The van der Waals surface area contributed by atoms with Gasteiger partial charge in [-0.1, -0.05) is 31.5 Å². The summed E-state index contributed by atoms with van der Waals surface area (Å²) in [6.07, 6.45) is 4.38. The second kappa shape index (κ2) is 7.10. The topological polar surface area (TPSA) is 34.1 Å². The SMILES string of the molecule is CCCCNCC(C)Oc1cccc2cccnc12. The molecule has 3 heteroatoms. The van der Waals surface area contributed by atoms with Crippen LogP contribution in [0.4, 0.5) is 0 Å². The average Bonchev–Trinajstić information content (AvgIpc) is 2.44. The highest BCUT2D eigenvalue weighted by Crippen LogP contribution is 2.23. The zero-order valence-electron chi connectivity index (χ0n) is 11.7. The number of fused-ring (bicyclic) bond motifs is 1. The molecule has 0 radical (unpaired) electrons. The van der Waals surface area contributed by atoms with E-state index in [9.17, 15) is 0 Å². The van der Waals surface area contributed by atoms with Gasteiger partial charge in [0.05, 0.1) is 0 Å². The van der Waals surface area contributed by atoms with E-state index in [1.54, 1.807) is 6.20 Å². The summed E-state index contributed by atoms with van der Waals surface area (Å²) in [6, 6.07) is 10.1. The van der Waals surface area contributed by atoms with E-state index in [1.165, 1.54) is 12.8 Å². The minimum absolute atomic E-state index is 0.143. The van der Waals surface area contributed by atoms with Crippen molar-refractivity contribution in [2.75, 3.05) is 13.1 Å². The van der Waals surface area contributed by atoms with Crippen molar-refractivity contribution < 1.29 is 4.74 Å². The summed E-state index contributed by atoms with van der Waals surface area (Å²) >= 11 is 0. The summed E-state index contributed by atoms with van der Waals surface area (Å²) in [5.41, 5.74) is 0.936. The van der Waals surface area contributed by atoms with Crippen LogP contribution in [0.1, 0.15) is 26.7 Å². The van der Waals surface area contributed by atoms with E-state index >= 15 is 0 Å². The van der Waals surface area contributed by atoms with Gasteiger partial charge < -0.3 is 10.1 Å². The maximum atomic E-state index is 5.98. The van der Waals surface area contributed by atoms with Crippen molar-refractivity contribution in [2.24, 2.45) is 0 Å². The van der Waals surface area contributed by atoms with Gasteiger partial charge in [0.1, 0.15) is 17.4 Å². The van der Waals surface area contributed by atoms with Gasteiger partial charge in [-0.2, -0.15) is 0 Å². The van der Waals surface area contributed by atoms with Crippen molar-refractivity contribution in [3.05, 3.63) is 36.5 Å². The quantitative estimate of drug-likeness (QED) is 0.773. The smallest absolute Gasteiger partial charge is 0.145 e. The Morgan fingerprint density at radius 3 is 2.95 bits per heavy atom. The van der Waals surface area contributed by atoms with Crippen molar-refractivity contribution in [3.8, 4) is 5.75 Å². The number of unbranched alkanes of at least 4 members (excludes halogenated alkanes) is 1. The van der Waals surface area contributed by atoms with E-state index in [2.05, 4.69) is 36.3 Å². The van der Waals surface area contributed by atoms with E-state index in [0.29, 0.717) is 0 Å². The molecular formula is C16H22N2O. The van der Waals surface area contributed by atoms with E-state index in [0.717, 1.165) is 29.7 Å². The minimum atomic E-state index is 0.143. The largest absolute Gasteiger partial charge is 0.487 e. The van der Waals surface area contributed by atoms with Crippen molar-refractivity contribution >= 4 is 10.9 Å². The highest BCUT2D eigenvalue weighted by Gasteiger charge is 2.07. The van der Waals surface area contributed by atoms with Crippen LogP contribution in [0.15, 0.2) is 36.5 Å². The van der Waals surface area contributed by atoms with Crippen molar-refractivity contribution in [2.45, 2.75) is 32.8 Å². The third kappa shape index (κ3) is 3.93. The van der Waals surface area contributed by atoms with Crippen LogP contribution in [0.5, 0.6) is 5.75 Å². The first-order chi connectivity index (χ1) is 9.31. The van der Waals surface area contributed by atoms with Gasteiger partial charge in [0.25, 0.3) is 0 Å². The van der Waals surface area contributed by atoms with Crippen LogP contribution in [0.25, 0.3) is 10.9 Å². The van der Waals surface area contributed by atoms with Gasteiger partial charge in [-0.05, 0) is 32.0 Å². The van der Waals surface area contributed by atoms with Crippen LogP contribution in [-0.2, 0) is 0 Å². The molecule has 0 aliphatic rings. The van der Waals surface area contributed by atoms with Gasteiger partial charge in [-0.3, -0.25) is 4.98 Å². The summed E-state index contributed by atoms with van der Waals surface area (Å²) in [5.74, 6) is 0.864. The molecule has 1 atom stereocenters. The third-order valence-electron chi connectivity index (χ3n) is 3.06. The molecule has 1 N–H and O–H groups in total. The molecule has 102 valence electrons. The zero-order chi connectivity index (χ0) is 13.5. The number of ether oxygens (including phenoxy) is 1. The third-order valence-corrected chi connectivity index (χ3v) is 3.06. The summed E-state index contributed by atoms with van der Waals surface area (Å²) in [4.78, 5) is 4.40. The first kappa shape index (κ1) is 13.8. The number of nitrogens with zero attached hydrogens (tertiary/aromatic N) is 1. The Balaban J connectivity index is 1.97. The normalized spacial score (nSPS) is 12.5. The number of benzene rings is 1. The molecule has 0 bridgehead atoms. The number of hydrogen-bond donors (Lipinski definition) is 1. The molecule has 0 spiro atoms. The summed E-state index contributed by atoms with van der Waals surface area (Å²) in [6.45, 7) is 6.20. The lowest BCUT2D eigenvalue weighted by Crippen LogP contribution is -2.29. The van der Waals surface area contributed by atoms with Crippen LogP contribution in [-0.4, -0.2) is 24.2 Å². The second-order valence-corrected chi connectivity index (χ2v) is 4.82. The van der Waals surface area contributed by atoms with Crippen LogP contribution >= 0.6 is 0 Å². The number of hydrogen-bond acceptors (Lipinski definition) is 3. The van der Waals surface area contributed by atoms with Gasteiger partial charge in [-0.25, -0.2) is 0 Å². The molecule has 0 saturated carbocycles. The highest BCUT2D eigenvalue weighted by molar-refractivity contribution is 5.84. The molecule has 1 unspecified atom stereocenters. The van der Waals surface area contributed by atoms with E-state index in [1.807, 2.05) is 18.2 Å². The van der Waals surface area contributed by atoms with Gasteiger partial charge in [0.15, 0.2) is 0 Å². The van der Waals surface area contributed by atoms with Crippen LogP contribution in [0.3, 0.4) is 0 Å². The lowest BCUT2D eigenvalue weighted by Gasteiger charge is -2.16. The number of para-hydroxylation sites is 1. The second-order valence-electron chi connectivity index (χ2n) is 4.82. The molecule has 0 aliphatic heterocycles. The summed E-state index contributed by atoms with van der Waals surface area (Å²) < 4.78 is 5.98. The first-order valence-corrected chi connectivity index (χ1v) is 7.02. The Kier molecular flexibility index (Phi) is 5.16. The molecule has 1 aromatic carbocycles. The fraction of sp³-hybridized carbons (Fsp3) is 0.438. The van der Waals surface area contributed by atoms with Gasteiger partial charge >= 0.3 is 0 Å². The van der Waals surface area contributed by atoms with Crippen molar-refractivity contribution in [3.63, 3.8) is 0 Å². The number of pyridine rings is 1. The Hall–Kier alpha value is -1.61. The molecule has 0 saturated heterocycles. The predicted octanol–water partition coefficient (Wildman–Crippen LogP) is 3.39. The van der Waals surface area contributed by atoms with E-state index in [-0.39, 0.29) is 6.10 Å². The standard InChI is InChI=1S/C16H22N2O/c1-3-4-10-17-12-13(2)19-15-9-5-7-14-8-6-11-18-16(14)15/h5-9,11,13,17H,3-4,10,12H2,1-2H3. The average molecular weight is 258 g/mol. The Labute approximate surface area is 115 Å². The molecule has 0 amide bonds. The molecule has 0 aliphatic carbocycles. The fourth-order valence-electron chi connectivity index (χ4n) is 2.04. The number of aromatic nitrogens is 1. The first-order valence-electron chi connectivity index (χ1n) is 7.02. The lowest BCUT2D eigenvalue weighted by molar-refractivity contribution is 0.219. The van der Waals surface area contributed by atoms with E-state index < -0.39 is 0 Å². The fourth-order valence-corrected chi connectivity index (χ4v) is 2.04. The Bertz CT molecular complexity index is 508. The van der Waals surface area contributed by atoms with E-state index in [4.69, 9.17) is 4.74 Å². The zero-order valence-corrected chi connectivity index (χ0v) is 11.7. The Morgan fingerprint density at radius 2 is 2.11 bits per heavy atom.